The molecule has 0 atom stereocenters. The van der Waals surface area contributed by atoms with Crippen LogP contribution in [0.5, 0.6) is 5.75 Å². The molecule has 7 heteroatoms. The van der Waals surface area contributed by atoms with E-state index < -0.39 is 23.3 Å². The van der Waals surface area contributed by atoms with Gasteiger partial charge in [-0.2, -0.15) is 13.2 Å². The molecular weight excluding hydrogens is 297 g/mol. The summed E-state index contributed by atoms with van der Waals surface area (Å²) in [5.41, 5.74) is 4.24. The zero-order valence-electron chi connectivity index (χ0n) is 11.6. The summed E-state index contributed by atoms with van der Waals surface area (Å²) in [7, 11) is 1.49. The molecule has 3 N–H and O–H groups in total. The molecule has 0 unspecified atom stereocenters. The van der Waals surface area contributed by atoms with E-state index in [1.807, 2.05) is 0 Å². The van der Waals surface area contributed by atoms with Crippen LogP contribution in [0.3, 0.4) is 0 Å². The van der Waals surface area contributed by atoms with Gasteiger partial charge in [0.25, 0.3) is 5.91 Å². The molecule has 0 radical (unpaired) electrons. The molecule has 0 spiro atoms. The second-order valence-corrected chi connectivity index (χ2v) is 4.48. The SMILES string of the molecule is COc1ccc(C(=O)Nc2ccc(N)c(C(F)(F)F)c2)cc1. The first kappa shape index (κ1) is 15.7. The number of alkyl halides is 3. The number of anilines is 2. The number of carbonyl (C=O) groups is 1. The highest BCUT2D eigenvalue weighted by molar-refractivity contribution is 6.04. The number of ether oxygens (including phenoxy) is 1. The van der Waals surface area contributed by atoms with Crippen LogP contribution in [-0.2, 0) is 6.18 Å². The quantitative estimate of drug-likeness (QED) is 0.852. The minimum atomic E-state index is -4.58. The van der Waals surface area contributed by atoms with Gasteiger partial charge in [-0.05, 0) is 42.5 Å². The molecule has 2 aromatic rings. The van der Waals surface area contributed by atoms with E-state index in [2.05, 4.69) is 5.32 Å². The summed E-state index contributed by atoms with van der Waals surface area (Å²) in [5.74, 6) is 0.0453. The lowest BCUT2D eigenvalue weighted by molar-refractivity contribution is -0.136. The molecule has 1 amide bonds. The number of nitrogen functional groups attached to an aromatic ring is 1. The van der Waals surface area contributed by atoms with E-state index in [1.54, 1.807) is 12.1 Å². The summed E-state index contributed by atoms with van der Waals surface area (Å²) in [5, 5.41) is 2.40. The van der Waals surface area contributed by atoms with E-state index in [0.29, 0.717) is 11.3 Å². The average Bonchev–Trinajstić information content (AvgIpc) is 2.48. The maximum absolute atomic E-state index is 12.8. The first-order valence-corrected chi connectivity index (χ1v) is 6.23. The summed E-state index contributed by atoms with van der Waals surface area (Å²) in [6, 6.07) is 9.40. The van der Waals surface area contributed by atoms with Crippen LogP contribution in [-0.4, -0.2) is 13.0 Å². The number of nitrogens with one attached hydrogen (secondary N) is 1. The van der Waals surface area contributed by atoms with E-state index in [9.17, 15) is 18.0 Å². The van der Waals surface area contributed by atoms with Gasteiger partial charge in [0, 0.05) is 16.9 Å². The number of nitrogens with two attached hydrogens (primary N) is 1. The molecule has 4 nitrogen and oxygen atoms in total. The van der Waals surface area contributed by atoms with Crippen LogP contribution in [0.15, 0.2) is 42.5 Å². The zero-order valence-corrected chi connectivity index (χ0v) is 11.6. The zero-order chi connectivity index (χ0) is 16.3. The van der Waals surface area contributed by atoms with Gasteiger partial charge in [-0.1, -0.05) is 0 Å². The van der Waals surface area contributed by atoms with Crippen LogP contribution in [0, 0.1) is 0 Å². The van der Waals surface area contributed by atoms with Crippen molar-refractivity contribution in [2.75, 3.05) is 18.2 Å². The number of hydrogen-bond donors (Lipinski definition) is 2. The van der Waals surface area contributed by atoms with Gasteiger partial charge in [0.1, 0.15) is 5.75 Å². The fourth-order valence-corrected chi connectivity index (χ4v) is 1.83. The normalized spacial score (nSPS) is 11.1. The Morgan fingerprint density at radius 1 is 1.14 bits per heavy atom. The Kier molecular flexibility index (Phi) is 4.25. The van der Waals surface area contributed by atoms with Crippen molar-refractivity contribution in [3.05, 3.63) is 53.6 Å². The first-order valence-electron chi connectivity index (χ1n) is 6.23. The van der Waals surface area contributed by atoms with Gasteiger partial charge in [0.2, 0.25) is 0 Å². The maximum atomic E-state index is 12.8. The van der Waals surface area contributed by atoms with Crippen LogP contribution in [0.2, 0.25) is 0 Å². The number of rotatable bonds is 3. The maximum Gasteiger partial charge on any atom is 0.418 e. The Morgan fingerprint density at radius 3 is 2.32 bits per heavy atom. The van der Waals surface area contributed by atoms with Crippen LogP contribution in [0.1, 0.15) is 15.9 Å². The fraction of sp³-hybridized carbons (Fsp3) is 0.133. The Labute approximate surface area is 124 Å². The number of amides is 1. The Balaban J connectivity index is 2.21. The molecule has 0 bridgehead atoms. The topological polar surface area (TPSA) is 64.3 Å². The highest BCUT2D eigenvalue weighted by Crippen LogP contribution is 2.35. The van der Waals surface area contributed by atoms with Crippen LogP contribution < -0.4 is 15.8 Å². The van der Waals surface area contributed by atoms with Gasteiger partial charge in [-0.3, -0.25) is 4.79 Å². The summed E-state index contributed by atoms with van der Waals surface area (Å²) in [6.45, 7) is 0. The molecule has 116 valence electrons. The average molecular weight is 310 g/mol. The van der Waals surface area contributed by atoms with Crippen molar-refractivity contribution in [1.29, 1.82) is 0 Å². The molecule has 0 aliphatic rings. The van der Waals surface area contributed by atoms with Crippen LogP contribution >= 0.6 is 0 Å². The van der Waals surface area contributed by atoms with Crippen LogP contribution in [0.25, 0.3) is 0 Å². The van der Waals surface area contributed by atoms with Gasteiger partial charge in [-0.25, -0.2) is 0 Å². The van der Waals surface area contributed by atoms with Gasteiger partial charge in [-0.15, -0.1) is 0 Å². The summed E-state index contributed by atoms with van der Waals surface area (Å²) < 4.78 is 43.3. The fourth-order valence-electron chi connectivity index (χ4n) is 1.83. The van der Waals surface area contributed by atoms with Crippen molar-refractivity contribution in [3.8, 4) is 5.75 Å². The molecule has 0 saturated carbocycles. The van der Waals surface area contributed by atoms with Crippen molar-refractivity contribution >= 4 is 17.3 Å². The lowest BCUT2D eigenvalue weighted by atomic mass is 10.1. The standard InChI is InChI=1S/C15H13F3N2O2/c1-22-11-5-2-9(3-6-11)14(21)20-10-4-7-13(19)12(8-10)15(16,17)18/h2-8H,19H2,1H3,(H,20,21). The molecule has 2 aromatic carbocycles. The van der Waals surface area contributed by atoms with Gasteiger partial charge in [0.15, 0.2) is 0 Å². The number of hydrogen-bond acceptors (Lipinski definition) is 3. The van der Waals surface area contributed by atoms with Gasteiger partial charge >= 0.3 is 6.18 Å². The lowest BCUT2D eigenvalue weighted by Gasteiger charge is -2.12. The van der Waals surface area contributed by atoms with E-state index in [1.165, 1.54) is 25.3 Å². The molecule has 0 saturated heterocycles. The smallest absolute Gasteiger partial charge is 0.418 e. The predicted octanol–water partition coefficient (Wildman–Crippen LogP) is 3.55. The monoisotopic (exact) mass is 310 g/mol. The van der Waals surface area contributed by atoms with Gasteiger partial charge in [0.05, 0.1) is 12.7 Å². The molecule has 0 aliphatic heterocycles. The number of halogens is 3. The molecule has 0 fully saturated rings. The van der Waals surface area contributed by atoms with Crippen LogP contribution in [0.4, 0.5) is 24.5 Å². The Hall–Kier alpha value is -2.70. The third kappa shape index (κ3) is 3.49. The highest BCUT2D eigenvalue weighted by atomic mass is 19.4. The van der Waals surface area contributed by atoms with Crippen molar-refractivity contribution in [1.82, 2.24) is 0 Å². The second-order valence-electron chi connectivity index (χ2n) is 4.48. The Bertz CT molecular complexity index is 682. The summed E-state index contributed by atoms with van der Waals surface area (Å²) in [6.07, 6.45) is -4.58. The third-order valence-corrected chi connectivity index (χ3v) is 2.97. The summed E-state index contributed by atoms with van der Waals surface area (Å²) in [4.78, 5) is 12.0. The van der Waals surface area contributed by atoms with Gasteiger partial charge < -0.3 is 15.8 Å². The van der Waals surface area contributed by atoms with Crippen molar-refractivity contribution in [2.45, 2.75) is 6.18 Å². The number of carbonyl (C=O) groups excluding carboxylic acids is 1. The van der Waals surface area contributed by atoms with Crippen molar-refractivity contribution < 1.29 is 22.7 Å². The highest BCUT2D eigenvalue weighted by Gasteiger charge is 2.33. The first-order chi connectivity index (χ1) is 10.3. The third-order valence-electron chi connectivity index (χ3n) is 2.97. The second kappa shape index (κ2) is 5.97. The number of methoxy groups -OCH3 is 1. The van der Waals surface area contributed by atoms with Crippen molar-refractivity contribution in [2.24, 2.45) is 0 Å². The predicted molar refractivity (Wildman–Crippen MR) is 76.8 cm³/mol. The minimum absolute atomic E-state index is 0.0161. The van der Waals surface area contributed by atoms with E-state index in [4.69, 9.17) is 10.5 Å². The minimum Gasteiger partial charge on any atom is -0.497 e. The summed E-state index contributed by atoms with van der Waals surface area (Å²) >= 11 is 0. The Morgan fingerprint density at radius 2 is 1.77 bits per heavy atom. The van der Waals surface area contributed by atoms with E-state index in [-0.39, 0.29) is 5.69 Å². The molecule has 2 rings (SSSR count). The molecule has 22 heavy (non-hydrogen) atoms. The molecular formula is C15H13F3N2O2. The largest absolute Gasteiger partial charge is 0.497 e. The van der Waals surface area contributed by atoms with Crippen molar-refractivity contribution in [3.63, 3.8) is 0 Å². The van der Waals surface area contributed by atoms with E-state index >= 15 is 0 Å². The van der Waals surface area contributed by atoms with E-state index in [0.717, 1.165) is 12.1 Å². The lowest BCUT2D eigenvalue weighted by Crippen LogP contribution is -2.14. The molecule has 0 heterocycles. The molecule has 0 aliphatic carbocycles. The molecule has 0 aromatic heterocycles. The number of benzene rings is 2.